The van der Waals surface area contributed by atoms with Crippen LogP contribution in [0.3, 0.4) is 0 Å². The van der Waals surface area contributed by atoms with Gasteiger partial charge in [0.25, 0.3) is 5.91 Å². The van der Waals surface area contributed by atoms with Crippen molar-refractivity contribution in [3.8, 4) is 22.7 Å². The minimum absolute atomic E-state index is 0.0143. The van der Waals surface area contributed by atoms with E-state index in [2.05, 4.69) is 13.8 Å². The highest BCUT2D eigenvalue weighted by Gasteiger charge is 2.32. The SMILES string of the molecule is CCCCCCN1C(=O)C(=Cc2cn(-c3ccccc3)nc2-c2ccc(OCCCC)cc2)SC1=S. The predicted octanol–water partition coefficient (Wildman–Crippen LogP) is 7.50. The first-order chi connectivity index (χ1) is 17.6. The molecule has 0 radical (unpaired) electrons. The Bertz CT molecular complexity index is 1200. The van der Waals surface area contributed by atoms with Gasteiger partial charge in [0.15, 0.2) is 0 Å². The Hall–Kier alpha value is -2.90. The molecule has 0 spiro atoms. The standard InChI is InChI=1S/C29H33N3O2S2/c1-3-5-7-11-18-31-28(33)26(36-29(31)35)20-23-21-32(24-12-9-8-10-13-24)30-27(23)22-14-16-25(17-15-22)34-19-6-4-2/h8-10,12-17,20-21H,3-7,11,18-19H2,1-2H3. The van der Waals surface area contributed by atoms with E-state index in [9.17, 15) is 4.79 Å². The molecule has 1 fully saturated rings. The lowest BCUT2D eigenvalue weighted by molar-refractivity contribution is -0.122. The molecule has 1 aliphatic heterocycles. The third-order valence-corrected chi connectivity index (χ3v) is 7.43. The lowest BCUT2D eigenvalue weighted by Crippen LogP contribution is -2.29. The summed E-state index contributed by atoms with van der Waals surface area (Å²) >= 11 is 6.92. The van der Waals surface area contributed by atoms with Crippen LogP contribution < -0.4 is 4.74 Å². The number of para-hydroxylation sites is 1. The maximum absolute atomic E-state index is 13.2. The molecular weight excluding hydrogens is 486 g/mol. The second-order valence-corrected chi connectivity index (χ2v) is 10.5. The summed E-state index contributed by atoms with van der Waals surface area (Å²) in [6, 6.07) is 18.0. The Kier molecular flexibility index (Phi) is 9.36. The zero-order valence-corrected chi connectivity index (χ0v) is 22.6. The Morgan fingerprint density at radius 3 is 2.44 bits per heavy atom. The van der Waals surface area contributed by atoms with E-state index in [4.69, 9.17) is 22.1 Å². The van der Waals surface area contributed by atoms with E-state index >= 15 is 0 Å². The van der Waals surface area contributed by atoms with E-state index in [1.165, 1.54) is 24.6 Å². The molecule has 1 aromatic heterocycles. The van der Waals surface area contributed by atoms with Crippen LogP contribution in [0.4, 0.5) is 0 Å². The highest BCUT2D eigenvalue weighted by atomic mass is 32.2. The Balaban J connectivity index is 1.62. The lowest BCUT2D eigenvalue weighted by Gasteiger charge is -2.13. The maximum Gasteiger partial charge on any atom is 0.266 e. The molecule has 0 unspecified atom stereocenters. The number of amides is 1. The molecule has 7 heteroatoms. The Morgan fingerprint density at radius 2 is 1.72 bits per heavy atom. The number of carbonyl (C=O) groups excluding carboxylic acids is 1. The van der Waals surface area contributed by atoms with E-state index in [0.29, 0.717) is 22.4 Å². The van der Waals surface area contributed by atoms with Gasteiger partial charge in [-0.05, 0) is 55.3 Å². The van der Waals surface area contributed by atoms with Crippen LogP contribution >= 0.6 is 24.0 Å². The zero-order valence-electron chi connectivity index (χ0n) is 21.0. The van der Waals surface area contributed by atoms with Crippen molar-refractivity contribution >= 4 is 40.3 Å². The highest BCUT2D eigenvalue weighted by Crippen LogP contribution is 2.35. The monoisotopic (exact) mass is 519 g/mol. The quantitative estimate of drug-likeness (QED) is 0.141. The molecule has 36 heavy (non-hydrogen) atoms. The molecule has 188 valence electrons. The summed E-state index contributed by atoms with van der Waals surface area (Å²) < 4.78 is 8.32. The van der Waals surface area contributed by atoms with Gasteiger partial charge in [-0.15, -0.1) is 0 Å². The summed E-state index contributed by atoms with van der Waals surface area (Å²) in [6.07, 6.45) is 10.5. The van der Waals surface area contributed by atoms with Gasteiger partial charge in [0.05, 0.1) is 22.9 Å². The molecule has 2 aromatic carbocycles. The average molecular weight is 520 g/mol. The zero-order chi connectivity index (χ0) is 25.3. The highest BCUT2D eigenvalue weighted by molar-refractivity contribution is 8.26. The van der Waals surface area contributed by atoms with E-state index in [1.54, 1.807) is 4.90 Å². The fourth-order valence-electron chi connectivity index (χ4n) is 4.00. The van der Waals surface area contributed by atoms with Crippen LogP contribution in [0.2, 0.25) is 0 Å². The van der Waals surface area contributed by atoms with Crippen molar-refractivity contribution in [1.82, 2.24) is 14.7 Å². The van der Waals surface area contributed by atoms with Crippen molar-refractivity contribution in [1.29, 1.82) is 0 Å². The maximum atomic E-state index is 13.2. The topological polar surface area (TPSA) is 47.4 Å². The van der Waals surface area contributed by atoms with Crippen LogP contribution in [0.1, 0.15) is 57.9 Å². The minimum Gasteiger partial charge on any atom is -0.494 e. The number of thiocarbonyl (C=S) groups is 1. The van der Waals surface area contributed by atoms with Gasteiger partial charge in [-0.3, -0.25) is 9.69 Å². The molecule has 3 aromatic rings. The van der Waals surface area contributed by atoms with E-state index in [-0.39, 0.29) is 5.91 Å². The number of unbranched alkanes of at least 4 members (excludes halogenated alkanes) is 4. The van der Waals surface area contributed by atoms with E-state index in [1.807, 2.05) is 71.6 Å². The van der Waals surface area contributed by atoms with Gasteiger partial charge in [0.2, 0.25) is 0 Å². The summed E-state index contributed by atoms with van der Waals surface area (Å²) in [5, 5.41) is 4.90. The van der Waals surface area contributed by atoms with Crippen molar-refractivity contribution in [3.63, 3.8) is 0 Å². The first-order valence-electron chi connectivity index (χ1n) is 12.7. The Labute approximate surface area is 223 Å². The van der Waals surface area contributed by atoms with Gasteiger partial charge < -0.3 is 4.74 Å². The van der Waals surface area contributed by atoms with Crippen molar-refractivity contribution in [2.45, 2.75) is 52.4 Å². The molecule has 0 atom stereocenters. The molecule has 0 saturated carbocycles. The molecule has 1 saturated heterocycles. The summed E-state index contributed by atoms with van der Waals surface area (Å²) in [4.78, 5) is 15.6. The molecule has 4 rings (SSSR count). The van der Waals surface area contributed by atoms with Crippen LogP contribution in [-0.4, -0.2) is 38.1 Å². The van der Waals surface area contributed by atoms with Crippen molar-refractivity contribution < 1.29 is 9.53 Å². The number of hydrogen-bond acceptors (Lipinski definition) is 5. The van der Waals surface area contributed by atoms with E-state index < -0.39 is 0 Å². The third-order valence-electron chi connectivity index (χ3n) is 6.05. The molecule has 1 aliphatic rings. The smallest absolute Gasteiger partial charge is 0.266 e. The van der Waals surface area contributed by atoms with Crippen LogP contribution in [0.15, 0.2) is 65.7 Å². The number of thioether (sulfide) groups is 1. The fourth-order valence-corrected chi connectivity index (χ4v) is 5.30. The van der Waals surface area contributed by atoms with Gasteiger partial charge in [-0.1, -0.05) is 81.7 Å². The van der Waals surface area contributed by atoms with Crippen LogP contribution in [0.25, 0.3) is 23.0 Å². The molecule has 2 heterocycles. The summed E-state index contributed by atoms with van der Waals surface area (Å²) in [5.41, 5.74) is 3.62. The number of carbonyl (C=O) groups is 1. The van der Waals surface area contributed by atoms with Crippen LogP contribution in [0, 0.1) is 0 Å². The van der Waals surface area contributed by atoms with Crippen LogP contribution in [-0.2, 0) is 4.79 Å². The largest absolute Gasteiger partial charge is 0.494 e. The fraction of sp³-hybridized carbons (Fsp3) is 0.345. The van der Waals surface area contributed by atoms with E-state index in [0.717, 1.165) is 53.9 Å². The van der Waals surface area contributed by atoms with Gasteiger partial charge >= 0.3 is 0 Å². The minimum atomic E-state index is -0.0143. The summed E-state index contributed by atoms with van der Waals surface area (Å²) in [5.74, 6) is 0.833. The summed E-state index contributed by atoms with van der Waals surface area (Å²) in [6.45, 7) is 5.72. The molecule has 5 nitrogen and oxygen atoms in total. The van der Waals surface area contributed by atoms with Gasteiger partial charge in [-0.25, -0.2) is 4.68 Å². The summed E-state index contributed by atoms with van der Waals surface area (Å²) in [7, 11) is 0. The second kappa shape index (κ2) is 12.9. The number of rotatable bonds is 12. The molecule has 0 aliphatic carbocycles. The molecule has 0 N–H and O–H groups in total. The molecule has 0 bridgehead atoms. The lowest BCUT2D eigenvalue weighted by atomic mass is 10.1. The number of ether oxygens (including phenoxy) is 1. The van der Waals surface area contributed by atoms with Crippen LogP contribution in [0.5, 0.6) is 5.75 Å². The van der Waals surface area contributed by atoms with Crippen molar-refractivity contribution in [3.05, 3.63) is 71.3 Å². The molecule has 1 amide bonds. The predicted molar refractivity (Wildman–Crippen MR) is 153 cm³/mol. The second-order valence-electron chi connectivity index (χ2n) is 8.83. The number of aromatic nitrogens is 2. The van der Waals surface area contributed by atoms with Crippen molar-refractivity contribution in [2.24, 2.45) is 0 Å². The molecular formula is C29H33N3O2S2. The average Bonchev–Trinajstić information content (AvgIpc) is 3.44. The number of benzene rings is 2. The number of hydrogen-bond donors (Lipinski definition) is 0. The van der Waals surface area contributed by atoms with Gasteiger partial charge in [0, 0.05) is 23.9 Å². The number of nitrogens with zero attached hydrogens (tertiary/aromatic N) is 3. The normalized spacial score (nSPS) is 14.7. The first kappa shape index (κ1) is 26.2. The third kappa shape index (κ3) is 6.45. The van der Waals surface area contributed by atoms with Gasteiger partial charge in [-0.2, -0.15) is 5.10 Å². The van der Waals surface area contributed by atoms with Gasteiger partial charge in [0.1, 0.15) is 10.1 Å². The van der Waals surface area contributed by atoms with Crippen molar-refractivity contribution in [2.75, 3.05) is 13.2 Å². The Morgan fingerprint density at radius 1 is 0.972 bits per heavy atom. The first-order valence-corrected chi connectivity index (χ1v) is 14.0.